The van der Waals surface area contributed by atoms with E-state index in [-0.39, 0.29) is 18.6 Å². The summed E-state index contributed by atoms with van der Waals surface area (Å²) in [6.45, 7) is 3.59. The van der Waals surface area contributed by atoms with Crippen LogP contribution in [0.25, 0.3) is 11.0 Å². The highest BCUT2D eigenvalue weighted by molar-refractivity contribution is 5.97. The molecule has 1 aromatic heterocycles. The summed E-state index contributed by atoms with van der Waals surface area (Å²) in [5.74, 6) is 0.858. The molecule has 0 spiro atoms. The summed E-state index contributed by atoms with van der Waals surface area (Å²) in [5.41, 5.74) is 2.12. The minimum atomic E-state index is 0.0360. The number of nitrogens with zero attached hydrogens (tertiary/aromatic N) is 4. The van der Waals surface area contributed by atoms with Gasteiger partial charge in [0.05, 0.1) is 0 Å². The Morgan fingerprint density at radius 1 is 1.25 bits per heavy atom. The number of nitrogens with one attached hydrogen (secondary N) is 1. The SMILES string of the molecule is O=C(c1ccc2n[nH]nc2c1)N1CCN(CC2CC2)[C@H](CCO)C1. The van der Waals surface area contributed by atoms with E-state index in [1.165, 1.54) is 12.8 Å². The number of aromatic amines is 1. The molecule has 7 heteroatoms. The highest BCUT2D eigenvalue weighted by Gasteiger charge is 2.33. The lowest BCUT2D eigenvalue weighted by Crippen LogP contribution is -2.55. The first-order valence-corrected chi connectivity index (χ1v) is 8.69. The maximum Gasteiger partial charge on any atom is 0.254 e. The standard InChI is InChI=1S/C17H23N5O2/c23-8-5-14-11-22(7-6-21(14)10-12-1-2-12)17(24)13-3-4-15-16(9-13)19-20-18-15/h3-4,9,12,14,23H,1-2,5-8,10-11H2,(H,18,19,20)/t14-/m1/s1. The largest absolute Gasteiger partial charge is 0.396 e. The molecule has 1 saturated heterocycles. The van der Waals surface area contributed by atoms with Gasteiger partial charge >= 0.3 is 0 Å². The minimum absolute atomic E-state index is 0.0360. The smallest absolute Gasteiger partial charge is 0.254 e. The summed E-state index contributed by atoms with van der Waals surface area (Å²) in [4.78, 5) is 17.2. The number of aliphatic hydroxyl groups excluding tert-OH is 1. The molecule has 7 nitrogen and oxygen atoms in total. The predicted molar refractivity (Wildman–Crippen MR) is 89.6 cm³/mol. The number of H-pyrrole nitrogens is 1. The van der Waals surface area contributed by atoms with Gasteiger partial charge in [0.2, 0.25) is 0 Å². The maximum atomic E-state index is 12.8. The Morgan fingerprint density at radius 2 is 2.08 bits per heavy atom. The highest BCUT2D eigenvalue weighted by atomic mass is 16.3. The van der Waals surface area contributed by atoms with Gasteiger partial charge in [-0.3, -0.25) is 9.69 Å². The van der Waals surface area contributed by atoms with Crippen molar-refractivity contribution in [1.29, 1.82) is 0 Å². The molecule has 0 bridgehead atoms. The van der Waals surface area contributed by atoms with Crippen molar-refractivity contribution in [2.75, 3.05) is 32.8 Å². The molecule has 2 N–H and O–H groups in total. The minimum Gasteiger partial charge on any atom is -0.396 e. The Labute approximate surface area is 140 Å². The summed E-state index contributed by atoms with van der Waals surface area (Å²) in [7, 11) is 0. The molecule has 1 atom stereocenters. The number of benzene rings is 1. The maximum absolute atomic E-state index is 12.8. The molecule has 2 fully saturated rings. The molecule has 2 aliphatic rings. The molecule has 0 radical (unpaired) electrons. The van der Waals surface area contributed by atoms with Gasteiger partial charge in [0.25, 0.3) is 5.91 Å². The lowest BCUT2D eigenvalue weighted by molar-refractivity contribution is 0.0407. The van der Waals surface area contributed by atoms with Gasteiger partial charge in [0.15, 0.2) is 0 Å². The van der Waals surface area contributed by atoms with Crippen LogP contribution in [0.5, 0.6) is 0 Å². The summed E-state index contributed by atoms with van der Waals surface area (Å²) >= 11 is 0. The van der Waals surface area contributed by atoms with Gasteiger partial charge < -0.3 is 10.0 Å². The van der Waals surface area contributed by atoms with E-state index < -0.39 is 0 Å². The van der Waals surface area contributed by atoms with Gasteiger partial charge in [-0.1, -0.05) is 0 Å². The molecule has 24 heavy (non-hydrogen) atoms. The molecular weight excluding hydrogens is 306 g/mol. The quantitative estimate of drug-likeness (QED) is 0.850. The number of aromatic nitrogens is 3. The highest BCUT2D eigenvalue weighted by Crippen LogP contribution is 2.31. The summed E-state index contributed by atoms with van der Waals surface area (Å²) < 4.78 is 0. The lowest BCUT2D eigenvalue weighted by Gasteiger charge is -2.41. The number of aliphatic hydroxyl groups is 1. The molecule has 2 heterocycles. The lowest BCUT2D eigenvalue weighted by atomic mass is 10.1. The van der Waals surface area contributed by atoms with Crippen LogP contribution in [0.2, 0.25) is 0 Å². The van der Waals surface area contributed by atoms with E-state index in [9.17, 15) is 9.90 Å². The number of carbonyl (C=O) groups excluding carboxylic acids is 1. The van der Waals surface area contributed by atoms with Crippen molar-refractivity contribution in [2.24, 2.45) is 5.92 Å². The van der Waals surface area contributed by atoms with Gasteiger partial charge in [-0.2, -0.15) is 15.4 Å². The van der Waals surface area contributed by atoms with Gasteiger partial charge in [-0.05, 0) is 43.4 Å². The van der Waals surface area contributed by atoms with Crippen molar-refractivity contribution < 1.29 is 9.90 Å². The number of fused-ring (bicyclic) bond motifs is 1. The fraction of sp³-hybridized carbons (Fsp3) is 0.588. The van der Waals surface area contributed by atoms with Gasteiger partial charge in [-0.15, -0.1) is 0 Å². The van der Waals surface area contributed by atoms with Crippen LogP contribution in [0.15, 0.2) is 18.2 Å². The van der Waals surface area contributed by atoms with E-state index in [4.69, 9.17) is 0 Å². The molecule has 1 saturated carbocycles. The molecule has 0 unspecified atom stereocenters. The summed E-state index contributed by atoms with van der Waals surface area (Å²) in [5, 5.41) is 20.0. The fourth-order valence-electron chi connectivity index (χ4n) is 3.53. The second-order valence-electron chi connectivity index (χ2n) is 6.88. The zero-order valence-corrected chi connectivity index (χ0v) is 13.7. The van der Waals surface area contributed by atoms with Crippen molar-refractivity contribution in [2.45, 2.75) is 25.3 Å². The van der Waals surface area contributed by atoms with Crippen molar-refractivity contribution in [3.8, 4) is 0 Å². The molecule has 128 valence electrons. The van der Waals surface area contributed by atoms with Crippen LogP contribution in [0, 0.1) is 5.92 Å². The number of hydrogen-bond donors (Lipinski definition) is 2. The van der Waals surface area contributed by atoms with E-state index in [1.54, 1.807) is 6.07 Å². The van der Waals surface area contributed by atoms with E-state index >= 15 is 0 Å². The van der Waals surface area contributed by atoms with E-state index in [0.717, 1.165) is 37.5 Å². The van der Waals surface area contributed by atoms with Crippen LogP contribution in [-0.4, -0.2) is 75.1 Å². The molecule has 4 rings (SSSR count). The second-order valence-corrected chi connectivity index (χ2v) is 6.88. The average Bonchev–Trinajstić information content (AvgIpc) is 3.29. The van der Waals surface area contributed by atoms with Gasteiger partial charge in [0, 0.05) is 44.4 Å². The second kappa shape index (κ2) is 6.49. The average molecular weight is 329 g/mol. The number of piperazine rings is 1. The van der Waals surface area contributed by atoms with Crippen molar-refractivity contribution in [3.05, 3.63) is 23.8 Å². The van der Waals surface area contributed by atoms with E-state index in [2.05, 4.69) is 20.3 Å². The fourth-order valence-corrected chi connectivity index (χ4v) is 3.53. The Morgan fingerprint density at radius 3 is 2.88 bits per heavy atom. The normalized spacial score (nSPS) is 22.2. The Balaban J connectivity index is 1.47. The number of rotatable bonds is 5. The summed E-state index contributed by atoms with van der Waals surface area (Å²) in [6, 6.07) is 5.67. The molecule has 1 aromatic carbocycles. The summed E-state index contributed by atoms with van der Waals surface area (Å²) in [6.07, 6.45) is 3.37. The third-order valence-corrected chi connectivity index (χ3v) is 5.11. The zero-order chi connectivity index (χ0) is 16.5. The molecule has 1 aliphatic carbocycles. The first kappa shape index (κ1) is 15.5. The first-order valence-electron chi connectivity index (χ1n) is 8.69. The van der Waals surface area contributed by atoms with Crippen LogP contribution in [0.4, 0.5) is 0 Å². The van der Waals surface area contributed by atoms with Crippen LogP contribution < -0.4 is 0 Å². The molecule has 1 aliphatic heterocycles. The Bertz CT molecular complexity index is 727. The monoisotopic (exact) mass is 329 g/mol. The Hall–Kier alpha value is -1.99. The number of carbonyl (C=O) groups is 1. The number of hydrogen-bond acceptors (Lipinski definition) is 5. The predicted octanol–water partition coefficient (Wildman–Crippen LogP) is 0.877. The van der Waals surface area contributed by atoms with Crippen molar-refractivity contribution in [1.82, 2.24) is 25.2 Å². The first-order chi connectivity index (χ1) is 11.7. The van der Waals surface area contributed by atoms with Crippen LogP contribution in [-0.2, 0) is 0 Å². The van der Waals surface area contributed by atoms with Crippen LogP contribution >= 0.6 is 0 Å². The topological polar surface area (TPSA) is 85.4 Å². The zero-order valence-electron chi connectivity index (χ0n) is 13.7. The molecule has 2 aromatic rings. The van der Waals surface area contributed by atoms with E-state index in [1.807, 2.05) is 17.0 Å². The van der Waals surface area contributed by atoms with Crippen molar-refractivity contribution in [3.63, 3.8) is 0 Å². The van der Waals surface area contributed by atoms with E-state index in [0.29, 0.717) is 17.6 Å². The van der Waals surface area contributed by atoms with Crippen molar-refractivity contribution >= 4 is 16.9 Å². The Kier molecular flexibility index (Phi) is 4.20. The van der Waals surface area contributed by atoms with Gasteiger partial charge in [0.1, 0.15) is 11.0 Å². The third-order valence-electron chi connectivity index (χ3n) is 5.11. The van der Waals surface area contributed by atoms with Crippen LogP contribution in [0.3, 0.4) is 0 Å². The molecular formula is C17H23N5O2. The number of amides is 1. The van der Waals surface area contributed by atoms with Crippen LogP contribution in [0.1, 0.15) is 29.6 Å². The van der Waals surface area contributed by atoms with Gasteiger partial charge in [-0.25, -0.2) is 0 Å². The molecule has 1 amide bonds. The third kappa shape index (κ3) is 3.14.